The van der Waals surface area contributed by atoms with Crippen molar-refractivity contribution in [3.8, 4) is 0 Å². The first-order valence-electron chi connectivity index (χ1n) is 7.72. The summed E-state index contributed by atoms with van der Waals surface area (Å²) in [7, 11) is -2.83. The Kier molecular flexibility index (Phi) is 5.84. The van der Waals surface area contributed by atoms with Crippen molar-refractivity contribution < 1.29 is 13.2 Å². The fourth-order valence-corrected chi connectivity index (χ4v) is 4.74. The zero-order chi connectivity index (χ0) is 14.6. The first kappa shape index (κ1) is 16.2. The molecule has 5 nitrogen and oxygen atoms in total. The van der Waals surface area contributed by atoms with Crippen molar-refractivity contribution in [3.05, 3.63) is 0 Å². The van der Waals surface area contributed by atoms with E-state index < -0.39 is 9.84 Å². The molecule has 0 radical (unpaired) electrons. The maximum atomic E-state index is 11.6. The molecule has 0 aromatic carbocycles. The number of hydrogen-bond donors (Lipinski definition) is 1. The third kappa shape index (κ3) is 5.31. The second-order valence-corrected chi connectivity index (χ2v) is 8.74. The molecular formula is C14H28N2O3S. The van der Waals surface area contributed by atoms with Crippen LogP contribution >= 0.6 is 0 Å². The summed E-state index contributed by atoms with van der Waals surface area (Å²) in [5, 5.41) is 3.39. The average molecular weight is 304 g/mol. The molecule has 0 aliphatic carbocycles. The highest BCUT2D eigenvalue weighted by molar-refractivity contribution is 7.91. The highest BCUT2D eigenvalue weighted by Gasteiger charge is 2.26. The number of morpholine rings is 1. The van der Waals surface area contributed by atoms with Gasteiger partial charge < -0.3 is 10.1 Å². The van der Waals surface area contributed by atoms with Crippen LogP contribution < -0.4 is 5.32 Å². The van der Waals surface area contributed by atoms with E-state index in [1.54, 1.807) is 0 Å². The normalized spacial score (nSPS) is 31.6. The lowest BCUT2D eigenvalue weighted by molar-refractivity contribution is -0.0311. The van der Waals surface area contributed by atoms with Gasteiger partial charge in [0.1, 0.15) is 0 Å². The average Bonchev–Trinajstić information content (AvgIpc) is 2.35. The molecule has 2 aliphatic rings. The minimum Gasteiger partial charge on any atom is -0.374 e. The molecular weight excluding hydrogens is 276 g/mol. The Bertz CT molecular complexity index is 397. The van der Waals surface area contributed by atoms with Crippen LogP contribution in [0.1, 0.15) is 26.7 Å². The van der Waals surface area contributed by atoms with E-state index in [4.69, 9.17) is 4.74 Å². The van der Waals surface area contributed by atoms with Gasteiger partial charge in [-0.2, -0.15) is 0 Å². The monoisotopic (exact) mass is 304 g/mol. The highest BCUT2D eigenvalue weighted by Crippen LogP contribution is 2.13. The maximum Gasteiger partial charge on any atom is 0.151 e. The molecule has 2 aliphatic heterocycles. The lowest BCUT2D eigenvalue weighted by atomic mass is 10.1. The van der Waals surface area contributed by atoms with Gasteiger partial charge in [-0.25, -0.2) is 8.42 Å². The van der Waals surface area contributed by atoms with E-state index in [0.29, 0.717) is 11.7 Å². The van der Waals surface area contributed by atoms with E-state index in [2.05, 4.69) is 24.1 Å². The van der Waals surface area contributed by atoms with Crippen molar-refractivity contribution in [3.63, 3.8) is 0 Å². The molecule has 118 valence electrons. The van der Waals surface area contributed by atoms with Crippen molar-refractivity contribution in [1.82, 2.24) is 10.2 Å². The Morgan fingerprint density at radius 1 is 1.40 bits per heavy atom. The van der Waals surface area contributed by atoms with E-state index in [1.807, 2.05) is 0 Å². The molecule has 2 rings (SSSR count). The molecule has 0 spiro atoms. The molecule has 20 heavy (non-hydrogen) atoms. The molecule has 2 atom stereocenters. The summed E-state index contributed by atoms with van der Waals surface area (Å²) in [6.45, 7) is 9.07. The van der Waals surface area contributed by atoms with Gasteiger partial charge in [-0.1, -0.05) is 13.8 Å². The Morgan fingerprint density at radius 2 is 2.20 bits per heavy atom. The molecule has 1 N–H and O–H groups in total. The van der Waals surface area contributed by atoms with Gasteiger partial charge in [0.25, 0.3) is 0 Å². The van der Waals surface area contributed by atoms with Crippen molar-refractivity contribution in [1.29, 1.82) is 0 Å². The topological polar surface area (TPSA) is 58.6 Å². The van der Waals surface area contributed by atoms with Gasteiger partial charge >= 0.3 is 0 Å². The standard InChI is InChI=1S/C14H28N2O3S/c1-12(2)9-16-5-6-19-14(10-16)8-15-13-4-3-7-20(17,18)11-13/h12-15H,3-11H2,1-2H3/t13-,14-/m0/s1. The third-order valence-corrected chi connectivity index (χ3v) is 5.76. The van der Waals surface area contributed by atoms with E-state index in [0.717, 1.165) is 45.6 Å². The van der Waals surface area contributed by atoms with Crippen molar-refractivity contribution in [2.45, 2.75) is 38.8 Å². The van der Waals surface area contributed by atoms with Gasteiger partial charge in [0.15, 0.2) is 9.84 Å². The second-order valence-electron chi connectivity index (χ2n) is 6.51. The van der Waals surface area contributed by atoms with Gasteiger partial charge in [-0.15, -0.1) is 0 Å². The van der Waals surface area contributed by atoms with Crippen molar-refractivity contribution in [2.75, 3.05) is 44.3 Å². The Morgan fingerprint density at radius 3 is 2.90 bits per heavy atom. The van der Waals surface area contributed by atoms with Crippen LogP contribution in [0.3, 0.4) is 0 Å². The van der Waals surface area contributed by atoms with Gasteiger partial charge in [0.2, 0.25) is 0 Å². The van der Waals surface area contributed by atoms with E-state index >= 15 is 0 Å². The van der Waals surface area contributed by atoms with Crippen LogP contribution in [0.15, 0.2) is 0 Å². The highest BCUT2D eigenvalue weighted by atomic mass is 32.2. The molecule has 0 aromatic rings. The molecule has 2 saturated heterocycles. The molecule has 6 heteroatoms. The number of nitrogens with zero attached hydrogens (tertiary/aromatic N) is 1. The Balaban J connectivity index is 1.73. The first-order valence-corrected chi connectivity index (χ1v) is 9.54. The van der Waals surface area contributed by atoms with Gasteiger partial charge in [-0.3, -0.25) is 4.90 Å². The minimum atomic E-state index is -2.83. The van der Waals surface area contributed by atoms with E-state index in [-0.39, 0.29) is 17.9 Å². The summed E-state index contributed by atoms with van der Waals surface area (Å²) in [4.78, 5) is 2.44. The largest absolute Gasteiger partial charge is 0.374 e. The SMILES string of the molecule is CC(C)CN1CCO[C@@H](CN[C@H]2CCCS(=O)(=O)C2)C1. The Labute approximate surface area is 123 Å². The predicted octanol–water partition coefficient (Wildman–Crippen LogP) is 0.510. The van der Waals surface area contributed by atoms with Crippen molar-refractivity contribution >= 4 is 9.84 Å². The van der Waals surface area contributed by atoms with Crippen molar-refractivity contribution in [2.24, 2.45) is 5.92 Å². The van der Waals surface area contributed by atoms with Crippen LogP contribution in [0.4, 0.5) is 0 Å². The van der Waals surface area contributed by atoms with E-state index in [1.165, 1.54) is 0 Å². The molecule has 0 unspecified atom stereocenters. The zero-order valence-corrected chi connectivity index (χ0v) is 13.5. The lowest BCUT2D eigenvalue weighted by Gasteiger charge is -2.35. The van der Waals surface area contributed by atoms with Gasteiger partial charge in [0.05, 0.1) is 24.2 Å². The number of ether oxygens (including phenoxy) is 1. The second kappa shape index (κ2) is 7.20. The summed E-state index contributed by atoms with van der Waals surface area (Å²) in [6, 6.07) is 0.109. The summed E-state index contributed by atoms with van der Waals surface area (Å²) < 4.78 is 29.0. The minimum absolute atomic E-state index is 0.109. The quantitative estimate of drug-likeness (QED) is 0.802. The maximum absolute atomic E-state index is 11.6. The smallest absolute Gasteiger partial charge is 0.151 e. The fraction of sp³-hybridized carbons (Fsp3) is 1.00. The molecule has 2 fully saturated rings. The molecule has 2 heterocycles. The molecule has 0 saturated carbocycles. The van der Waals surface area contributed by atoms with Crippen LogP contribution in [0, 0.1) is 5.92 Å². The summed E-state index contributed by atoms with van der Waals surface area (Å²) in [6.07, 6.45) is 1.93. The molecule has 0 amide bonds. The van der Waals surface area contributed by atoms with E-state index in [9.17, 15) is 8.42 Å². The van der Waals surface area contributed by atoms with Crippen LogP contribution in [0.25, 0.3) is 0 Å². The molecule has 0 bridgehead atoms. The zero-order valence-electron chi connectivity index (χ0n) is 12.7. The Hall–Kier alpha value is -0.170. The number of sulfone groups is 1. The van der Waals surface area contributed by atoms with Gasteiger partial charge in [0, 0.05) is 32.2 Å². The van der Waals surface area contributed by atoms with Crippen LogP contribution in [0.5, 0.6) is 0 Å². The summed E-state index contributed by atoms with van der Waals surface area (Å²) >= 11 is 0. The summed E-state index contributed by atoms with van der Waals surface area (Å²) in [5.41, 5.74) is 0. The third-order valence-electron chi connectivity index (χ3n) is 3.94. The van der Waals surface area contributed by atoms with Crippen LogP contribution in [-0.2, 0) is 14.6 Å². The number of nitrogens with one attached hydrogen (secondary N) is 1. The lowest BCUT2D eigenvalue weighted by Crippen LogP contribution is -2.50. The summed E-state index contributed by atoms with van der Waals surface area (Å²) in [5.74, 6) is 1.31. The van der Waals surface area contributed by atoms with Crippen LogP contribution in [-0.4, -0.2) is 69.8 Å². The molecule has 0 aromatic heterocycles. The first-order chi connectivity index (χ1) is 9.44. The van der Waals surface area contributed by atoms with Crippen LogP contribution in [0.2, 0.25) is 0 Å². The fourth-order valence-electron chi connectivity index (χ4n) is 3.07. The number of rotatable bonds is 5. The number of hydrogen-bond acceptors (Lipinski definition) is 5. The predicted molar refractivity (Wildman–Crippen MR) is 80.7 cm³/mol. The van der Waals surface area contributed by atoms with Gasteiger partial charge in [-0.05, 0) is 18.8 Å².